The van der Waals surface area contributed by atoms with E-state index in [4.69, 9.17) is 10.5 Å². The van der Waals surface area contributed by atoms with E-state index in [0.717, 1.165) is 19.6 Å². The van der Waals surface area contributed by atoms with Crippen molar-refractivity contribution in [2.45, 2.75) is 39.1 Å². The van der Waals surface area contributed by atoms with Gasteiger partial charge >= 0.3 is 0 Å². The van der Waals surface area contributed by atoms with Crippen molar-refractivity contribution in [3.05, 3.63) is 35.4 Å². The first-order valence-corrected chi connectivity index (χ1v) is 6.33. The highest BCUT2D eigenvalue weighted by Crippen LogP contribution is 2.16. The second-order valence-corrected chi connectivity index (χ2v) is 4.92. The summed E-state index contributed by atoms with van der Waals surface area (Å²) in [6, 6.07) is 8.42. The van der Waals surface area contributed by atoms with Crippen LogP contribution in [-0.2, 0) is 17.8 Å². The van der Waals surface area contributed by atoms with Crippen molar-refractivity contribution in [3.8, 4) is 0 Å². The molecule has 0 radical (unpaired) electrons. The van der Waals surface area contributed by atoms with Gasteiger partial charge in [-0.2, -0.15) is 0 Å². The Balaban J connectivity index is 2.04. The molecule has 94 valence electrons. The van der Waals surface area contributed by atoms with Gasteiger partial charge in [-0.1, -0.05) is 24.3 Å². The van der Waals surface area contributed by atoms with E-state index in [2.05, 4.69) is 43.0 Å². The first-order valence-electron chi connectivity index (χ1n) is 6.33. The molecule has 2 unspecified atom stereocenters. The lowest BCUT2D eigenvalue weighted by Crippen LogP contribution is -2.44. The van der Waals surface area contributed by atoms with E-state index in [-0.39, 0.29) is 0 Å². The van der Waals surface area contributed by atoms with Gasteiger partial charge < -0.3 is 10.5 Å². The Hall–Kier alpha value is -0.900. The van der Waals surface area contributed by atoms with Gasteiger partial charge in [0, 0.05) is 26.2 Å². The minimum absolute atomic E-state index is 0.323. The van der Waals surface area contributed by atoms with Crippen LogP contribution in [0.1, 0.15) is 25.0 Å². The number of nitrogens with zero attached hydrogens (tertiary/aromatic N) is 1. The third-order valence-corrected chi connectivity index (χ3v) is 3.23. The molecule has 1 aromatic rings. The Bertz CT molecular complexity index is 357. The Morgan fingerprint density at radius 3 is 2.35 bits per heavy atom. The summed E-state index contributed by atoms with van der Waals surface area (Å²) in [4.78, 5) is 2.45. The van der Waals surface area contributed by atoms with Crippen LogP contribution in [0, 0.1) is 0 Å². The molecule has 0 aromatic heterocycles. The molecular weight excluding hydrogens is 212 g/mol. The summed E-state index contributed by atoms with van der Waals surface area (Å²) in [5.41, 5.74) is 8.36. The fraction of sp³-hybridized carbons (Fsp3) is 0.571. The van der Waals surface area contributed by atoms with E-state index in [0.29, 0.717) is 18.8 Å². The van der Waals surface area contributed by atoms with Crippen LogP contribution in [0.4, 0.5) is 0 Å². The third-order valence-electron chi connectivity index (χ3n) is 3.23. The molecule has 3 nitrogen and oxygen atoms in total. The summed E-state index contributed by atoms with van der Waals surface area (Å²) >= 11 is 0. The van der Waals surface area contributed by atoms with E-state index in [9.17, 15) is 0 Å². The van der Waals surface area contributed by atoms with E-state index >= 15 is 0 Å². The molecule has 1 saturated heterocycles. The number of benzene rings is 1. The van der Waals surface area contributed by atoms with Crippen LogP contribution in [0.25, 0.3) is 0 Å². The topological polar surface area (TPSA) is 38.5 Å². The van der Waals surface area contributed by atoms with Gasteiger partial charge in [-0.15, -0.1) is 0 Å². The lowest BCUT2D eigenvalue weighted by atomic mass is 10.1. The maximum absolute atomic E-state index is 5.77. The van der Waals surface area contributed by atoms with Crippen molar-refractivity contribution in [1.82, 2.24) is 4.90 Å². The highest BCUT2D eigenvalue weighted by atomic mass is 16.5. The Kier molecular flexibility index (Phi) is 4.15. The van der Waals surface area contributed by atoms with E-state index in [1.165, 1.54) is 11.1 Å². The lowest BCUT2D eigenvalue weighted by molar-refractivity contribution is -0.0705. The summed E-state index contributed by atoms with van der Waals surface area (Å²) in [7, 11) is 0. The van der Waals surface area contributed by atoms with Crippen molar-refractivity contribution < 1.29 is 4.74 Å². The molecule has 0 saturated carbocycles. The molecule has 2 atom stereocenters. The fourth-order valence-electron chi connectivity index (χ4n) is 2.57. The Labute approximate surface area is 104 Å². The number of hydrogen-bond donors (Lipinski definition) is 1. The molecule has 0 spiro atoms. The van der Waals surface area contributed by atoms with Crippen LogP contribution < -0.4 is 5.73 Å². The lowest BCUT2D eigenvalue weighted by Gasteiger charge is -2.35. The zero-order chi connectivity index (χ0) is 12.3. The zero-order valence-electron chi connectivity index (χ0n) is 10.7. The predicted octanol–water partition coefficient (Wildman–Crippen LogP) is 1.75. The quantitative estimate of drug-likeness (QED) is 0.866. The van der Waals surface area contributed by atoms with Gasteiger partial charge in [0.15, 0.2) is 0 Å². The molecule has 1 aromatic carbocycles. The van der Waals surface area contributed by atoms with E-state index in [1.54, 1.807) is 0 Å². The molecule has 2 N–H and O–H groups in total. The summed E-state index contributed by atoms with van der Waals surface area (Å²) in [6.07, 6.45) is 0.646. The predicted molar refractivity (Wildman–Crippen MR) is 69.6 cm³/mol. The molecule has 1 fully saturated rings. The fourth-order valence-corrected chi connectivity index (χ4v) is 2.57. The van der Waals surface area contributed by atoms with Crippen LogP contribution in [0.2, 0.25) is 0 Å². The van der Waals surface area contributed by atoms with Gasteiger partial charge in [-0.25, -0.2) is 0 Å². The van der Waals surface area contributed by atoms with Crippen LogP contribution >= 0.6 is 0 Å². The molecule has 1 aliphatic rings. The zero-order valence-corrected chi connectivity index (χ0v) is 10.7. The number of hydrogen-bond acceptors (Lipinski definition) is 3. The molecule has 0 aliphatic carbocycles. The minimum Gasteiger partial charge on any atom is -0.373 e. The SMILES string of the molecule is CC1CN(Cc2ccccc2CN)CC(C)O1. The maximum Gasteiger partial charge on any atom is 0.0678 e. The number of morpholine rings is 1. The minimum atomic E-state index is 0.323. The first kappa shape index (κ1) is 12.6. The molecule has 3 heteroatoms. The summed E-state index contributed by atoms with van der Waals surface area (Å²) in [5, 5.41) is 0. The molecule has 1 aliphatic heterocycles. The third kappa shape index (κ3) is 3.28. The van der Waals surface area contributed by atoms with Crippen LogP contribution in [-0.4, -0.2) is 30.2 Å². The standard InChI is InChI=1S/C14H22N2O/c1-11-8-16(9-12(2)17-11)10-14-6-4-3-5-13(14)7-15/h3-6,11-12H,7-10,15H2,1-2H3. The van der Waals surface area contributed by atoms with Crippen LogP contribution in [0.5, 0.6) is 0 Å². The van der Waals surface area contributed by atoms with E-state index < -0.39 is 0 Å². The van der Waals surface area contributed by atoms with Crippen LogP contribution in [0.3, 0.4) is 0 Å². The normalized spacial score (nSPS) is 26.1. The number of nitrogens with two attached hydrogens (primary N) is 1. The Morgan fingerprint density at radius 1 is 1.18 bits per heavy atom. The van der Waals surface area contributed by atoms with E-state index in [1.807, 2.05) is 0 Å². The molecule has 0 bridgehead atoms. The summed E-state index contributed by atoms with van der Waals surface area (Å²) in [6.45, 7) is 7.87. The number of ether oxygens (including phenoxy) is 1. The van der Waals surface area contributed by atoms with Crippen molar-refractivity contribution in [2.24, 2.45) is 5.73 Å². The van der Waals surface area contributed by atoms with Crippen LogP contribution in [0.15, 0.2) is 24.3 Å². The van der Waals surface area contributed by atoms with Crippen molar-refractivity contribution in [1.29, 1.82) is 0 Å². The van der Waals surface area contributed by atoms with Crippen molar-refractivity contribution >= 4 is 0 Å². The second-order valence-electron chi connectivity index (χ2n) is 4.92. The summed E-state index contributed by atoms with van der Waals surface area (Å²) in [5.74, 6) is 0. The first-order chi connectivity index (χ1) is 8.19. The molecule has 0 amide bonds. The maximum atomic E-state index is 5.77. The molecule has 1 heterocycles. The molecule has 2 rings (SSSR count). The second kappa shape index (κ2) is 5.63. The van der Waals surface area contributed by atoms with Crippen molar-refractivity contribution in [2.75, 3.05) is 13.1 Å². The van der Waals surface area contributed by atoms with Crippen molar-refractivity contribution in [3.63, 3.8) is 0 Å². The highest BCUT2D eigenvalue weighted by Gasteiger charge is 2.22. The largest absolute Gasteiger partial charge is 0.373 e. The van der Waals surface area contributed by atoms with Gasteiger partial charge in [0.2, 0.25) is 0 Å². The van der Waals surface area contributed by atoms with Gasteiger partial charge in [-0.3, -0.25) is 4.90 Å². The van der Waals surface area contributed by atoms with Gasteiger partial charge in [0.25, 0.3) is 0 Å². The molecule has 17 heavy (non-hydrogen) atoms. The summed E-state index contributed by atoms with van der Waals surface area (Å²) < 4.78 is 5.74. The van der Waals surface area contributed by atoms with Gasteiger partial charge in [0.1, 0.15) is 0 Å². The smallest absolute Gasteiger partial charge is 0.0678 e. The highest BCUT2D eigenvalue weighted by molar-refractivity contribution is 5.26. The number of rotatable bonds is 3. The molecular formula is C14H22N2O. The Morgan fingerprint density at radius 2 is 1.76 bits per heavy atom. The average molecular weight is 234 g/mol. The monoisotopic (exact) mass is 234 g/mol. The average Bonchev–Trinajstić information content (AvgIpc) is 2.28. The van der Waals surface area contributed by atoms with Gasteiger partial charge in [-0.05, 0) is 25.0 Å². The van der Waals surface area contributed by atoms with Gasteiger partial charge in [0.05, 0.1) is 12.2 Å².